The minimum atomic E-state index is -4.89. The number of thioether (sulfide) groups is 1. The number of halogens is 5. The third-order valence-electron chi connectivity index (χ3n) is 1.93. The number of amidine groups is 1. The largest absolute Gasteiger partial charge is 0.421 e. The molecule has 0 spiro atoms. The Bertz CT molecular complexity index is 551. The van der Waals surface area contributed by atoms with Crippen molar-refractivity contribution in [3.05, 3.63) is 28.0 Å². The van der Waals surface area contributed by atoms with Crippen molar-refractivity contribution in [3.63, 3.8) is 0 Å². The average Bonchev–Trinajstić information content (AvgIpc) is 2.31. The molecule has 1 aromatic carbocycles. The zero-order valence-electron chi connectivity index (χ0n) is 9.35. The van der Waals surface area contributed by atoms with E-state index in [2.05, 4.69) is 26.2 Å². The number of rotatable bonds is 1. The van der Waals surface area contributed by atoms with Crippen LogP contribution < -0.4 is 5.32 Å². The van der Waals surface area contributed by atoms with Gasteiger partial charge in [-0.05, 0) is 34.3 Å². The summed E-state index contributed by atoms with van der Waals surface area (Å²) in [6.07, 6.45) is -1.83. The Labute approximate surface area is 118 Å². The highest BCUT2D eigenvalue weighted by molar-refractivity contribution is 9.10. The summed E-state index contributed by atoms with van der Waals surface area (Å²) in [5, 5.41) is 10.5. The number of nitrogens with one attached hydrogen (secondary N) is 1. The fourth-order valence-corrected chi connectivity index (χ4v) is 1.85. The summed E-state index contributed by atoms with van der Waals surface area (Å²) in [6, 6.07) is 2.14. The van der Waals surface area contributed by atoms with Gasteiger partial charge in [0.1, 0.15) is 5.56 Å². The van der Waals surface area contributed by atoms with Crippen molar-refractivity contribution in [2.75, 3.05) is 6.26 Å². The van der Waals surface area contributed by atoms with Gasteiger partial charge in [0.25, 0.3) is 0 Å². The van der Waals surface area contributed by atoms with Crippen molar-refractivity contribution in [2.24, 2.45) is 4.99 Å². The molecular formula is C10H6BrF4N3S. The first-order valence-electron chi connectivity index (χ1n) is 4.64. The normalized spacial score (nSPS) is 12.2. The van der Waals surface area contributed by atoms with Gasteiger partial charge in [-0.15, -0.1) is 0 Å². The number of aliphatic imine (C=N–C) groups is 1. The SMILES string of the molecule is CSC(=Nc1ccc(Br)c(F)c1C(F)(F)F)NC#N. The zero-order chi connectivity index (χ0) is 14.6. The van der Waals surface area contributed by atoms with Crippen LogP contribution in [0.25, 0.3) is 0 Å². The second-order valence-corrected chi connectivity index (χ2v) is 4.76. The molecule has 0 radical (unpaired) electrons. The highest BCUT2D eigenvalue weighted by Crippen LogP contribution is 2.40. The van der Waals surface area contributed by atoms with Crippen LogP contribution in [0, 0.1) is 17.3 Å². The summed E-state index contributed by atoms with van der Waals surface area (Å²) in [5.41, 5.74) is -2.08. The third-order valence-corrected chi connectivity index (χ3v) is 3.13. The maximum atomic E-state index is 13.6. The molecule has 3 nitrogen and oxygen atoms in total. The molecule has 0 bridgehead atoms. The van der Waals surface area contributed by atoms with Crippen LogP contribution in [0.5, 0.6) is 0 Å². The van der Waals surface area contributed by atoms with E-state index < -0.39 is 23.2 Å². The molecule has 0 aliphatic carbocycles. The molecule has 0 aromatic heterocycles. The van der Waals surface area contributed by atoms with Crippen LogP contribution in [0.15, 0.2) is 21.6 Å². The summed E-state index contributed by atoms with van der Waals surface area (Å²) in [6.45, 7) is 0. The molecule has 102 valence electrons. The van der Waals surface area contributed by atoms with E-state index in [4.69, 9.17) is 5.26 Å². The zero-order valence-corrected chi connectivity index (χ0v) is 11.7. The third kappa shape index (κ3) is 3.84. The minimum absolute atomic E-state index is 0.0604. The molecule has 0 aliphatic heterocycles. The van der Waals surface area contributed by atoms with E-state index in [9.17, 15) is 17.6 Å². The molecule has 0 heterocycles. The van der Waals surface area contributed by atoms with Crippen molar-refractivity contribution in [1.82, 2.24) is 5.32 Å². The molecule has 1 N–H and O–H groups in total. The van der Waals surface area contributed by atoms with Gasteiger partial charge in [0.15, 0.2) is 17.2 Å². The summed E-state index contributed by atoms with van der Waals surface area (Å²) < 4.78 is 51.7. The van der Waals surface area contributed by atoms with E-state index in [1.165, 1.54) is 12.4 Å². The fraction of sp³-hybridized carbons (Fsp3) is 0.200. The lowest BCUT2D eigenvalue weighted by atomic mass is 10.1. The van der Waals surface area contributed by atoms with E-state index >= 15 is 0 Å². The van der Waals surface area contributed by atoms with E-state index in [0.29, 0.717) is 0 Å². The molecule has 0 saturated heterocycles. The smallest absolute Gasteiger partial charge is 0.271 e. The lowest BCUT2D eigenvalue weighted by Gasteiger charge is -2.12. The highest BCUT2D eigenvalue weighted by Gasteiger charge is 2.38. The highest BCUT2D eigenvalue weighted by atomic mass is 79.9. The lowest BCUT2D eigenvalue weighted by molar-refractivity contribution is -0.139. The molecular weight excluding hydrogens is 350 g/mol. The van der Waals surface area contributed by atoms with Crippen LogP contribution >= 0.6 is 27.7 Å². The van der Waals surface area contributed by atoms with Gasteiger partial charge >= 0.3 is 6.18 Å². The Balaban J connectivity index is 3.45. The Morgan fingerprint density at radius 1 is 1.47 bits per heavy atom. The molecule has 0 saturated carbocycles. The summed E-state index contributed by atoms with van der Waals surface area (Å²) in [5.74, 6) is -1.44. The lowest BCUT2D eigenvalue weighted by Crippen LogP contribution is -2.14. The van der Waals surface area contributed by atoms with E-state index in [1.54, 1.807) is 0 Å². The van der Waals surface area contributed by atoms with Crippen LogP contribution in [0.1, 0.15) is 5.56 Å². The summed E-state index contributed by atoms with van der Waals surface area (Å²) >= 11 is 3.62. The predicted molar refractivity (Wildman–Crippen MR) is 68.5 cm³/mol. The first-order chi connectivity index (χ1) is 8.81. The number of hydrogen-bond acceptors (Lipinski definition) is 3. The fourth-order valence-electron chi connectivity index (χ4n) is 1.19. The second-order valence-electron chi connectivity index (χ2n) is 3.11. The van der Waals surface area contributed by atoms with E-state index in [0.717, 1.165) is 23.9 Å². The van der Waals surface area contributed by atoms with Crippen molar-refractivity contribution in [3.8, 4) is 6.19 Å². The van der Waals surface area contributed by atoms with Gasteiger partial charge in [0, 0.05) is 0 Å². The van der Waals surface area contributed by atoms with Crippen molar-refractivity contribution in [1.29, 1.82) is 5.26 Å². The Morgan fingerprint density at radius 3 is 2.58 bits per heavy atom. The number of nitriles is 1. The van der Waals surface area contributed by atoms with Gasteiger partial charge in [-0.1, -0.05) is 11.8 Å². The molecule has 0 amide bonds. The number of hydrogen-bond donors (Lipinski definition) is 1. The maximum Gasteiger partial charge on any atom is 0.421 e. The quantitative estimate of drug-likeness (QED) is 0.272. The monoisotopic (exact) mass is 355 g/mol. The standard InChI is InChI=1S/C10H6BrF4N3S/c1-19-9(17-4-16)18-6-3-2-5(11)8(12)7(6)10(13,14)15/h2-3H,1H3,(H,17,18). The summed E-state index contributed by atoms with van der Waals surface area (Å²) in [7, 11) is 0. The van der Waals surface area contributed by atoms with Crippen LogP contribution in [0.2, 0.25) is 0 Å². The number of nitrogens with zero attached hydrogens (tertiary/aromatic N) is 2. The molecule has 1 rings (SSSR count). The van der Waals surface area contributed by atoms with E-state index in [1.807, 2.05) is 0 Å². The van der Waals surface area contributed by atoms with Crippen molar-refractivity contribution < 1.29 is 17.6 Å². The molecule has 0 fully saturated rings. The van der Waals surface area contributed by atoms with Gasteiger partial charge in [-0.3, -0.25) is 5.32 Å². The first-order valence-corrected chi connectivity index (χ1v) is 6.66. The molecule has 19 heavy (non-hydrogen) atoms. The average molecular weight is 356 g/mol. The van der Waals surface area contributed by atoms with Crippen LogP contribution in [-0.4, -0.2) is 11.4 Å². The van der Waals surface area contributed by atoms with Gasteiger partial charge in [0.2, 0.25) is 0 Å². The van der Waals surface area contributed by atoms with E-state index in [-0.39, 0.29) is 9.64 Å². The second kappa shape index (κ2) is 6.25. The van der Waals surface area contributed by atoms with Crippen LogP contribution in [0.4, 0.5) is 23.2 Å². The molecule has 0 unspecified atom stereocenters. The molecule has 0 atom stereocenters. The summed E-state index contributed by atoms with van der Waals surface area (Å²) in [4.78, 5) is 3.60. The number of benzene rings is 1. The maximum absolute atomic E-state index is 13.6. The Kier molecular flexibility index (Phi) is 5.20. The van der Waals surface area contributed by atoms with Crippen LogP contribution in [-0.2, 0) is 6.18 Å². The Hall–Kier alpha value is -1.27. The first kappa shape index (κ1) is 15.8. The van der Waals surface area contributed by atoms with Gasteiger partial charge in [-0.2, -0.15) is 18.4 Å². The van der Waals surface area contributed by atoms with Gasteiger partial charge < -0.3 is 0 Å². The molecule has 0 aliphatic rings. The number of alkyl halides is 3. The van der Waals surface area contributed by atoms with Crippen molar-refractivity contribution in [2.45, 2.75) is 6.18 Å². The topological polar surface area (TPSA) is 48.2 Å². The minimum Gasteiger partial charge on any atom is -0.271 e. The Morgan fingerprint density at radius 2 is 2.11 bits per heavy atom. The predicted octanol–water partition coefficient (Wildman–Crippen LogP) is 4.03. The van der Waals surface area contributed by atoms with Crippen molar-refractivity contribution >= 4 is 38.5 Å². The molecule has 1 aromatic rings. The van der Waals surface area contributed by atoms with Crippen LogP contribution in [0.3, 0.4) is 0 Å². The van der Waals surface area contributed by atoms with Gasteiger partial charge in [0.05, 0.1) is 10.2 Å². The molecule has 9 heteroatoms. The van der Waals surface area contributed by atoms with Gasteiger partial charge in [-0.25, -0.2) is 9.38 Å².